The van der Waals surface area contributed by atoms with Gasteiger partial charge in [-0.1, -0.05) is 0 Å². The van der Waals surface area contributed by atoms with Gasteiger partial charge in [0.2, 0.25) is 0 Å². The molecule has 0 heterocycles. The monoisotopic (exact) mass is 344 g/mol. The number of rotatable bonds is 4. The van der Waals surface area contributed by atoms with Crippen LogP contribution in [0.15, 0.2) is 16.6 Å². The molecule has 0 aliphatic rings. The lowest BCUT2D eigenvalue weighted by molar-refractivity contribution is -0.210. The highest BCUT2D eigenvalue weighted by Gasteiger charge is 2.38. The van der Waals surface area contributed by atoms with E-state index in [1.54, 1.807) is 0 Å². The summed E-state index contributed by atoms with van der Waals surface area (Å²) < 4.78 is 54.1. The lowest BCUT2D eigenvalue weighted by Crippen LogP contribution is -2.34. The van der Waals surface area contributed by atoms with Crippen molar-refractivity contribution in [2.45, 2.75) is 19.2 Å². The van der Waals surface area contributed by atoms with E-state index < -0.39 is 30.5 Å². The van der Waals surface area contributed by atoms with Crippen LogP contribution in [0.3, 0.4) is 0 Å². The Morgan fingerprint density at radius 1 is 1.47 bits per heavy atom. The number of hydrogen-bond donors (Lipinski definition) is 1. The van der Waals surface area contributed by atoms with Gasteiger partial charge in [-0.2, -0.15) is 13.2 Å². The number of alkyl halides is 3. The second kappa shape index (κ2) is 5.87. The summed E-state index contributed by atoms with van der Waals surface area (Å²) in [5.74, 6) is -1.64. The minimum absolute atomic E-state index is 0.0126. The molecule has 3 nitrogen and oxygen atoms in total. The second-order valence-corrected chi connectivity index (χ2v) is 4.54. The number of halogens is 5. The van der Waals surface area contributed by atoms with Crippen LogP contribution in [0.4, 0.5) is 17.6 Å². The summed E-state index contributed by atoms with van der Waals surface area (Å²) in [6.45, 7) is 0.0393. The molecule has 1 atom stereocenters. The van der Waals surface area contributed by atoms with E-state index in [2.05, 4.69) is 20.7 Å². The van der Waals surface area contributed by atoms with Crippen molar-refractivity contribution in [1.29, 1.82) is 0 Å². The van der Waals surface area contributed by atoms with Gasteiger partial charge in [0.05, 0.1) is 10.0 Å². The average molecular weight is 345 g/mol. The fourth-order valence-corrected chi connectivity index (χ4v) is 1.53. The standard InChI is InChI=1S/C11H9BrF4O3/c1-5(17)6-2-7(12)8(13)3-9(6)19-4-10(18)11(14,15)16/h2-3,10,18H,4H2,1H3. The molecule has 1 N–H and O–H groups in total. The number of ketones is 1. The van der Waals surface area contributed by atoms with Gasteiger partial charge < -0.3 is 9.84 Å². The van der Waals surface area contributed by atoms with Gasteiger partial charge in [-0.25, -0.2) is 4.39 Å². The number of carbonyl (C=O) groups is 1. The van der Waals surface area contributed by atoms with Crippen molar-refractivity contribution in [2.75, 3.05) is 6.61 Å². The Morgan fingerprint density at radius 2 is 2.05 bits per heavy atom. The van der Waals surface area contributed by atoms with Gasteiger partial charge in [0.25, 0.3) is 0 Å². The predicted molar refractivity (Wildman–Crippen MR) is 61.7 cm³/mol. The van der Waals surface area contributed by atoms with Crippen LogP contribution >= 0.6 is 15.9 Å². The van der Waals surface area contributed by atoms with Crippen LogP contribution in [-0.2, 0) is 0 Å². The highest BCUT2D eigenvalue weighted by Crippen LogP contribution is 2.28. The van der Waals surface area contributed by atoms with Crippen LogP contribution in [0, 0.1) is 5.82 Å². The minimum Gasteiger partial charge on any atom is -0.490 e. The third-order valence-corrected chi connectivity index (χ3v) is 2.78. The lowest BCUT2D eigenvalue weighted by atomic mass is 10.1. The molecule has 0 bridgehead atoms. The van der Waals surface area contributed by atoms with E-state index in [1.165, 1.54) is 0 Å². The highest BCUT2D eigenvalue weighted by molar-refractivity contribution is 9.10. The third-order valence-electron chi connectivity index (χ3n) is 2.18. The molecule has 0 saturated carbocycles. The zero-order chi connectivity index (χ0) is 14.8. The van der Waals surface area contributed by atoms with Crippen molar-refractivity contribution in [3.05, 3.63) is 28.0 Å². The summed E-state index contributed by atoms with van der Waals surface area (Å²) in [7, 11) is 0. The number of Topliss-reactive ketones (excluding diaryl/α,β-unsaturated/α-hetero) is 1. The minimum atomic E-state index is -4.84. The molecule has 1 rings (SSSR count). The number of ether oxygens (including phenoxy) is 1. The van der Waals surface area contributed by atoms with Crippen LogP contribution in [0.5, 0.6) is 5.75 Å². The lowest BCUT2D eigenvalue weighted by Gasteiger charge is -2.16. The number of hydrogen-bond acceptors (Lipinski definition) is 3. The molecule has 1 aromatic rings. The Balaban J connectivity index is 2.95. The smallest absolute Gasteiger partial charge is 0.417 e. The molecule has 0 saturated heterocycles. The van der Waals surface area contributed by atoms with Crippen molar-refractivity contribution in [1.82, 2.24) is 0 Å². The Kier molecular flexibility index (Phi) is 4.92. The second-order valence-electron chi connectivity index (χ2n) is 3.69. The van der Waals surface area contributed by atoms with E-state index in [0.29, 0.717) is 0 Å². The van der Waals surface area contributed by atoms with E-state index in [4.69, 9.17) is 5.11 Å². The van der Waals surface area contributed by atoms with Gasteiger partial charge >= 0.3 is 6.18 Å². The largest absolute Gasteiger partial charge is 0.490 e. The average Bonchev–Trinajstić information content (AvgIpc) is 2.28. The zero-order valence-electron chi connectivity index (χ0n) is 9.59. The normalized spacial score (nSPS) is 13.2. The van der Waals surface area contributed by atoms with E-state index in [-0.39, 0.29) is 15.8 Å². The first-order valence-corrected chi connectivity index (χ1v) is 5.79. The SMILES string of the molecule is CC(=O)c1cc(Br)c(F)cc1OCC(O)C(F)(F)F. The fraction of sp³-hybridized carbons (Fsp3) is 0.364. The quantitative estimate of drug-likeness (QED) is 0.674. The first-order chi connectivity index (χ1) is 8.62. The van der Waals surface area contributed by atoms with Gasteiger partial charge in [0.1, 0.15) is 18.2 Å². The van der Waals surface area contributed by atoms with Crippen LogP contribution in [0.1, 0.15) is 17.3 Å². The van der Waals surface area contributed by atoms with Crippen LogP contribution in [-0.4, -0.2) is 29.8 Å². The number of aliphatic hydroxyl groups is 1. The van der Waals surface area contributed by atoms with Crippen molar-refractivity contribution >= 4 is 21.7 Å². The topological polar surface area (TPSA) is 46.5 Å². The number of benzene rings is 1. The summed E-state index contributed by atoms with van der Waals surface area (Å²) in [4.78, 5) is 11.3. The van der Waals surface area contributed by atoms with E-state index in [0.717, 1.165) is 19.1 Å². The summed E-state index contributed by atoms with van der Waals surface area (Å²) in [6, 6.07) is 1.89. The van der Waals surface area contributed by atoms with Crippen LogP contribution in [0.2, 0.25) is 0 Å². The maximum atomic E-state index is 13.3. The molecular weight excluding hydrogens is 336 g/mol. The van der Waals surface area contributed by atoms with Crippen molar-refractivity contribution < 1.29 is 32.2 Å². The van der Waals surface area contributed by atoms with Crippen molar-refractivity contribution in [3.63, 3.8) is 0 Å². The molecule has 0 spiro atoms. The van der Waals surface area contributed by atoms with E-state index in [9.17, 15) is 22.4 Å². The van der Waals surface area contributed by atoms with Crippen molar-refractivity contribution in [3.8, 4) is 5.75 Å². The summed E-state index contributed by atoms with van der Waals surface area (Å²) in [5, 5.41) is 8.76. The summed E-state index contributed by atoms with van der Waals surface area (Å²) >= 11 is 2.85. The first-order valence-electron chi connectivity index (χ1n) is 5.00. The van der Waals surface area contributed by atoms with E-state index in [1.807, 2.05) is 0 Å². The maximum Gasteiger partial charge on any atom is 0.417 e. The zero-order valence-corrected chi connectivity index (χ0v) is 11.2. The Bertz CT molecular complexity index is 488. The Hall–Kier alpha value is -1.15. The van der Waals surface area contributed by atoms with Gasteiger partial charge in [-0.05, 0) is 28.9 Å². The molecule has 1 aromatic carbocycles. The molecule has 0 radical (unpaired) electrons. The Morgan fingerprint density at radius 3 is 2.53 bits per heavy atom. The third kappa shape index (κ3) is 4.17. The molecule has 8 heteroatoms. The summed E-state index contributed by atoms with van der Waals surface area (Å²) in [6.07, 6.45) is -7.55. The van der Waals surface area contributed by atoms with Gasteiger partial charge in [-0.15, -0.1) is 0 Å². The van der Waals surface area contributed by atoms with Crippen LogP contribution in [0.25, 0.3) is 0 Å². The van der Waals surface area contributed by atoms with Crippen LogP contribution < -0.4 is 4.74 Å². The molecule has 0 aliphatic carbocycles. The number of carbonyl (C=O) groups excluding carboxylic acids is 1. The molecule has 0 aromatic heterocycles. The molecule has 0 fully saturated rings. The van der Waals surface area contributed by atoms with Gasteiger partial charge in [0, 0.05) is 6.07 Å². The van der Waals surface area contributed by atoms with Crippen molar-refractivity contribution in [2.24, 2.45) is 0 Å². The van der Waals surface area contributed by atoms with Gasteiger partial charge in [-0.3, -0.25) is 4.79 Å². The number of aliphatic hydroxyl groups excluding tert-OH is 1. The fourth-order valence-electron chi connectivity index (χ4n) is 1.19. The molecular formula is C11H9BrF4O3. The molecule has 1 unspecified atom stereocenters. The van der Waals surface area contributed by atoms with E-state index >= 15 is 0 Å². The molecule has 19 heavy (non-hydrogen) atoms. The maximum absolute atomic E-state index is 13.3. The molecule has 0 amide bonds. The summed E-state index contributed by atoms with van der Waals surface area (Å²) in [5.41, 5.74) is -0.0809. The van der Waals surface area contributed by atoms with Gasteiger partial charge in [0.15, 0.2) is 11.9 Å². The Labute approximate surface area is 114 Å². The molecule has 0 aliphatic heterocycles. The highest BCUT2D eigenvalue weighted by atomic mass is 79.9. The first kappa shape index (κ1) is 15.9. The molecule has 106 valence electrons. The predicted octanol–water partition coefficient (Wildman–Crippen LogP) is 3.09.